The molecule has 3 N–H and O–H groups in total. The minimum atomic E-state index is -0.564. The van der Waals surface area contributed by atoms with Crippen LogP contribution in [0.2, 0.25) is 0 Å². The van der Waals surface area contributed by atoms with Crippen LogP contribution >= 0.6 is 0 Å². The van der Waals surface area contributed by atoms with E-state index in [1.165, 1.54) is 7.11 Å². The zero-order valence-corrected chi connectivity index (χ0v) is 23.9. The fourth-order valence-corrected chi connectivity index (χ4v) is 3.05. The van der Waals surface area contributed by atoms with E-state index in [9.17, 15) is 14.4 Å². The number of ether oxygens (including phenoxy) is 1. The van der Waals surface area contributed by atoms with E-state index in [1.807, 2.05) is 6.08 Å². The molecule has 0 spiro atoms. The largest absolute Gasteiger partial charge is 0.466 e. The van der Waals surface area contributed by atoms with E-state index < -0.39 is 5.97 Å². The second kappa shape index (κ2) is 29.1. The quantitative estimate of drug-likeness (QED) is 0.0699. The summed E-state index contributed by atoms with van der Waals surface area (Å²) in [4.78, 5) is 34.2. The van der Waals surface area contributed by atoms with Crippen molar-refractivity contribution in [3.8, 4) is 0 Å². The first-order valence-corrected chi connectivity index (χ1v) is 14.0. The van der Waals surface area contributed by atoms with Crippen molar-refractivity contribution in [1.29, 1.82) is 0 Å². The third kappa shape index (κ3) is 29.0. The lowest BCUT2D eigenvalue weighted by atomic mass is 10.2. The van der Waals surface area contributed by atoms with Crippen molar-refractivity contribution in [1.82, 2.24) is 16.0 Å². The lowest BCUT2D eigenvalue weighted by molar-refractivity contribution is -0.135. The predicted molar refractivity (Wildman–Crippen MR) is 162 cm³/mol. The first-order valence-electron chi connectivity index (χ1n) is 14.0. The number of allylic oxidation sites excluding steroid dienone is 12. The molecule has 0 fully saturated rings. The third-order valence-corrected chi connectivity index (χ3v) is 5.16. The molecular formula is C32H49N3O4. The predicted octanol–water partition coefficient (Wildman–Crippen LogP) is 5.41. The maximum absolute atomic E-state index is 11.9. The Morgan fingerprint density at radius 1 is 0.615 bits per heavy atom. The van der Waals surface area contributed by atoms with Gasteiger partial charge in [0.2, 0.25) is 11.8 Å². The third-order valence-electron chi connectivity index (χ3n) is 5.16. The van der Waals surface area contributed by atoms with Gasteiger partial charge in [-0.25, -0.2) is 4.79 Å². The van der Waals surface area contributed by atoms with Crippen LogP contribution in [0.25, 0.3) is 0 Å². The SMILES string of the molecule is CCC=CCC=CCC=CCC=CCC=CCC=CCCC(=O)NCCNCCCNC(=O)/C=C/C(=O)OC. The molecule has 0 aliphatic heterocycles. The van der Waals surface area contributed by atoms with Crippen LogP contribution in [0.4, 0.5) is 0 Å². The topological polar surface area (TPSA) is 96.5 Å². The molecule has 7 nitrogen and oxygen atoms in total. The molecule has 0 aliphatic carbocycles. The number of nitrogens with one attached hydrogen (secondary N) is 3. The molecule has 39 heavy (non-hydrogen) atoms. The molecule has 7 heteroatoms. The summed E-state index contributed by atoms with van der Waals surface area (Å²) in [6.45, 7) is 4.59. The van der Waals surface area contributed by atoms with Crippen molar-refractivity contribution in [3.63, 3.8) is 0 Å². The number of hydrogen-bond donors (Lipinski definition) is 3. The summed E-state index contributed by atoms with van der Waals surface area (Å²) in [5, 5.41) is 8.78. The number of esters is 1. The van der Waals surface area contributed by atoms with Gasteiger partial charge < -0.3 is 20.7 Å². The van der Waals surface area contributed by atoms with Crippen molar-refractivity contribution >= 4 is 17.8 Å². The first-order chi connectivity index (χ1) is 19.1. The Morgan fingerprint density at radius 3 is 1.69 bits per heavy atom. The van der Waals surface area contributed by atoms with Gasteiger partial charge in [-0.3, -0.25) is 9.59 Å². The van der Waals surface area contributed by atoms with Gasteiger partial charge >= 0.3 is 5.97 Å². The van der Waals surface area contributed by atoms with Crippen LogP contribution in [-0.2, 0) is 19.1 Å². The molecule has 0 heterocycles. The molecule has 0 saturated heterocycles. The average Bonchev–Trinajstić information content (AvgIpc) is 2.94. The molecule has 0 aliphatic rings. The van der Waals surface area contributed by atoms with E-state index in [1.54, 1.807) is 0 Å². The van der Waals surface area contributed by atoms with E-state index in [0.717, 1.165) is 70.1 Å². The van der Waals surface area contributed by atoms with Crippen LogP contribution in [0.15, 0.2) is 85.1 Å². The zero-order valence-electron chi connectivity index (χ0n) is 23.9. The zero-order chi connectivity index (χ0) is 28.7. The first kappa shape index (κ1) is 35.5. The molecule has 0 aromatic rings. The Kier molecular flexibility index (Phi) is 26.5. The van der Waals surface area contributed by atoms with Crippen LogP contribution in [0.5, 0.6) is 0 Å². The van der Waals surface area contributed by atoms with Gasteiger partial charge in [0.15, 0.2) is 0 Å². The van der Waals surface area contributed by atoms with Gasteiger partial charge in [0, 0.05) is 38.2 Å². The summed E-state index contributed by atoms with van der Waals surface area (Å²) in [5.41, 5.74) is 0. The average molecular weight is 540 g/mol. The highest BCUT2D eigenvalue weighted by Gasteiger charge is 1.99. The van der Waals surface area contributed by atoms with Gasteiger partial charge in [0.05, 0.1) is 7.11 Å². The van der Waals surface area contributed by atoms with Crippen LogP contribution < -0.4 is 16.0 Å². The Bertz CT molecular complexity index is 851. The molecular weight excluding hydrogens is 490 g/mol. The molecule has 0 bridgehead atoms. The summed E-state index contributed by atoms with van der Waals surface area (Å²) in [5.74, 6) is -0.855. The van der Waals surface area contributed by atoms with E-state index in [2.05, 4.69) is 94.4 Å². The van der Waals surface area contributed by atoms with Crippen molar-refractivity contribution in [2.45, 2.75) is 64.7 Å². The summed E-state index contributed by atoms with van der Waals surface area (Å²) in [6.07, 6.45) is 36.1. The second-order valence-electron chi connectivity index (χ2n) is 8.55. The monoisotopic (exact) mass is 539 g/mol. The Morgan fingerprint density at radius 2 is 1.15 bits per heavy atom. The van der Waals surface area contributed by atoms with E-state index in [-0.39, 0.29) is 11.8 Å². The van der Waals surface area contributed by atoms with E-state index in [0.29, 0.717) is 26.1 Å². The fraction of sp³-hybridized carbons (Fsp3) is 0.469. The molecule has 0 radical (unpaired) electrons. The molecule has 216 valence electrons. The molecule has 0 rings (SSSR count). The van der Waals surface area contributed by atoms with Crippen molar-refractivity contribution in [2.75, 3.05) is 33.3 Å². The van der Waals surface area contributed by atoms with Gasteiger partial charge in [-0.05, 0) is 57.9 Å². The number of carbonyl (C=O) groups excluding carboxylic acids is 3. The van der Waals surface area contributed by atoms with E-state index >= 15 is 0 Å². The van der Waals surface area contributed by atoms with Crippen molar-refractivity contribution in [2.24, 2.45) is 0 Å². The van der Waals surface area contributed by atoms with E-state index in [4.69, 9.17) is 0 Å². The number of hydrogen-bond acceptors (Lipinski definition) is 5. The number of carbonyl (C=O) groups is 3. The number of amides is 2. The number of methoxy groups -OCH3 is 1. The number of rotatable bonds is 23. The summed E-state index contributed by atoms with van der Waals surface area (Å²) in [7, 11) is 1.26. The van der Waals surface area contributed by atoms with Gasteiger partial charge in [0.1, 0.15) is 0 Å². The van der Waals surface area contributed by atoms with Crippen molar-refractivity contribution < 1.29 is 19.1 Å². The lowest BCUT2D eigenvalue weighted by Gasteiger charge is -2.07. The highest BCUT2D eigenvalue weighted by Crippen LogP contribution is 1.97. The molecule has 0 unspecified atom stereocenters. The Labute approximate surface area is 235 Å². The maximum Gasteiger partial charge on any atom is 0.330 e. The van der Waals surface area contributed by atoms with Crippen LogP contribution in [-0.4, -0.2) is 51.1 Å². The Hall–Kier alpha value is -3.45. The van der Waals surface area contributed by atoms with Gasteiger partial charge in [-0.2, -0.15) is 0 Å². The van der Waals surface area contributed by atoms with Crippen molar-refractivity contribution in [3.05, 3.63) is 85.1 Å². The highest BCUT2D eigenvalue weighted by molar-refractivity contribution is 5.94. The summed E-state index contributed by atoms with van der Waals surface area (Å²) in [6, 6.07) is 0. The van der Waals surface area contributed by atoms with Gasteiger partial charge in [0.25, 0.3) is 0 Å². The van der Waals surface area contributed by atoms with Crippen LogP contribution in [0.1, 0.15) is 64.7 Å². The molecule has 2 amide bonds. The van der Waals surface area contributed by atoms with Gasteiger partial charge in [-0.1, -0.05) is 79.8 Å². The maximum atomic E-state index is 11.9. The molecule has 0 atom stereocenters. The molecule has 0 saturated carbocycles. The van der Waals surface area contributed by atoms with Crippen LogP contribution in [0, 0.1) is 0 Å². The Balaban J connectivity index is 3.57. The fourth-order valence-electron chi connectivity index (χ4n) is 3.05. The standard InChI is InChI=1S/C32H49N3O4/c1-3-4-5-6-7-8-9-10-11-12-13-14-15-16-17-18-19-20-21-23-30(36)35-29-28-33-26-22-27-34-31(37)24-25-32(38)39-2/h4-5,7-8,10-11,13-14,16-17,19-20,24-25,33H,3,6,9,12,15,18,21-23,26-29H2,1-2H3,(H,34,37)(H,35,36)/b5-4?,8-7?,11-10?,14-13?,17-16?,20-19?,25-24+. The minimum absolute atomic E-state index is 0.0426. The highest BCUT2D eigenvalue weighted by atomic mass is 16.5. The molecule has 0 aromatic carbocycles. The smallest absolute Gasteiger partial charge is 0.330 e. The normalized spacial score (nSPS) is 12.4. The lowest BCUT2D eigenvalue weighted by Crippen LogP contribution is -2.33. The van der Waals surface area contributed by atoms with Gasteiger partial charge in [-0.15, -0.1) is 0 Å². The summed E-state index contributed by atoms with van der Waals surface area (Å²) < 4.78 is 4.42. The molecule has 0 aromatic heterocycles. The minimum Gasteiger partial charge on any atom is -0.466 e. The summed E-state index contributed by atoms with van der Waals surface area (Å²) >= 11 is 0. The van der Waals surface area contributed by atoms with Crippen LogP contribution in [0.3, 0.4) is 0 Å². The second-order valence-corrected chi connectivity index (χ2v) is 8.55.